The van der Waals surface area contributed by atoms with E-state index in [1.807, 2.05) is 7.05 Å². The highest BCUT2D eigenvalue weighted by atomic mass is 32.2. The van der Waals surface area contributed by atoms with Crippen LogP contribution in [0.15, 0.2) is 23.1 Å². The summed E-state index contributed by atoms with van der Waals surface area (Å²) in [5.74, 6) is 0. The first-order valence-corrected chi connectivity index (χ1v) is 8.45. The number of aryl methyl sites for hydroxylation is 1. The second-order valence-corrected chi connectivity index (χ2v) is 7.35. The molecule has 124 valence electrons. The van der Waals surface area contributed by atoms with Gasteiger partial charge in [-0.15, -0.1) is 0 Å². The van der Waals surface area contributed by atoms with Crippen molar-refractivity contribution in [3.05, 3.63) is 29.3 Å². The maximum absolute atomic E-state index is 12.7. The van der Waals surface area contributed by atoms with Crippen molar-refractivity contribution in [2.75, 3.05) is 20.1 Å². The highest BCUT2D eigenvalue weighted by Crippen LogP contribution is 2.32. The van der Waals surface area contributed by atoms with Crippen LogP contribution in [0, 0.1) is 6.92 Å². The highest BCUT2D eigenvalue weighted by Gasteiger charge is 2.33. The molecule has 0 amide bonds. The molecular formula is C14H19F3N2O2S. The first-order chi connectivity index (χ1) is 10.2. The molecule has 0 unspecified atom stereocenters. The van der Waals surface area contributed by atoms with Crippen molar-refractivity contribution in [1.82, 2.24) is 9.62 Å². The van der Waals surface area contributed by atoms with Crippen molar-refractivity contribution in [3.63, 3.8) is 0 Å². The first-order valence-electron chi connectivity index (χ1n) is 7.01. The third-order valence-corrected chi connectivity index (χ3v) is 6.04. The third-order valence-electron chi connectivity index (χ3n) is 3.98. The summed E-state index contributed by atoms with van der Waals surface area (Å²) >= 11 is 0. The zero-order valence-corrected chi connectivity index (χ0v) is 13.3. The topological polar surface area (TPSA) is 49.4 Å². The molecular weight excluding hydrogens is 317 g/mol. The predicted octanol–water partition coefficient (Wildman–Crippen LogP) is 2.39. The molecule has 2 rings (SSSR count). The Morgan fingerprint density at radius 3 is 2.27 bits per heavy atom. The molecule has 0 bridgehead atoms. The van der Waals surface area contributed by atoms with Crippen molar-refractivity contribution >= 4 is 10.0 Å². The average Bonchev–Trinajstić information content (AvgIpc) is 2.46. The van der Waals surface area contributed by atoms with E-state index in [0.29, 0.717) is 25.9 Å². The number of nitrogens with zero attached hydrogens (tertiary/aromatic N) is 1. The van der Waals surface area contributed by atoms with Gasteiger partial charge in [-0.3, -0.25) is 0 Å². The first kappa shape index (κ1) is 17.2. The number of hydrogen-bond donors (Lipinski definition) is 1. The molecule has 1 N–H and O–H groups in total. The van der Waals surface area contributed by atoms with Crippen molar-refractivity contribution < 1.29 is 21.6 Å². The quantitative estimate of drug-likeness (QED) is 0.922. The van der Waals surface area contributed by atoms with Gasteiger partial charge in [0.1, 0.15) is 0 Å². The van der Waals surface area contributed by atoms with E-state index in [0.717, 1.165) is 18.2 Å². The standard InChI is InChI=1S/C14H19F3N2O2S/c1-10-9-11(14(15,16)17)3-4-13(10)22(20,21)19-7-5-12(18-2)6-8-19/h3-4,9,12,18H,5-8H2,1-2H3. The van der Waals surface area contributed by atoms with Crippen LogP contribution in [-0.2, 0) is 16.2 Å². The summed E-state index contributed by atoms with van der Waals surface area (Å²) in [4.78, 5) is -0.0524. The lowest BCUT2D eigenvalue weighted by molar-refractivity contribution is -0.137. The Kier molecular flexibility index (Phi) is 4.84. The molecule has 1 aliphatic heterocycles. The van der Waals surface area contributed by atoms with Crippen molar-refractivity contribution in [1.29, 1.82) is 0 Å². The van der Waals surface area contributed by atoms with Gasteiger partial charge in [0.25, 0.3) is 0 Å². The number of piperidine rings is 1. The van der Waals surface area contributed by atoms with E-state index in [9.17, 15) is 21.6 Å². The smallest absolute Gasteiger partial charge is 0.317 e. The van der Waals surface area contributed by atoms with Crippen LogP contribution in [-0.4, -0.2) is 38.9 Å². The van der Waals surface area contributed by atoms with E-state index in [2.05, 4.69) is 5.32 Å². The van der Waals surface area contributed by atoms with E-state index < -0.39 is 21.8 Å². The van der Waals surface area contributed by atoms with Gasteiger partial charge in [-0.1, -0.05) is 0 Å². The molecule has 0 atom stereocenters. The van der Waals surface area contributed by atoms with Crippen LogP contribution in [0.25, 0.3) is 0 Å². The summed E-state index contributed by atoms with van der Waals surface area (Å²) in [6.45, 7) is 2.13. The fourth-order valence-corrected chi connectivity index (χ4v) is 4.31. The van der Waals surface area contributed by atoms with Crippen LogP contribution >= 0.6 is 0 Å². The van der Waals surface area contributed by atoms with Crippen molar-refractivity contribution in [2.45, 2.75) is 36.9 Å². The summed E-state index contributed by atoms with van der Waals surface area (Å²) in [5, 5.41) is 3.10. The lowest BCUT2D eigenvalue weighted by atomic mass is 10.1. The number of benzene rings is 1. The Morgan fingerprint density at radius 1 is 1.23 bits per heavy atom. The Bertz CT molecular complexity index is 636. The molecule has 0 aliphatic carbocycles. The van der Waals surface area contributed by atoms with Gasteiger partial charge in [0.05, 0.1) is 10.5 Å². The monoisotopic (exact) mass is 336 g/mol. The molecule has 1 aromatic carbocycles. The summed E-state index contributed by atoms with van der Waals surface area (Å²) in [5.41, 5.74) is -0.719. The Hall–Kier alpha value is -1.12. The highest BCUT2D eigenvalue weighted by molar-refractivity contribution is 7.89. The lowest BCUT2D eigenvalue weighted by Gasteiger charge is -2.31. The van der Waals surface area contributed by atoms with Gasteiger partial charge in [-0.25, -0.2) is 8.42 Å². The van der Waals surface area contributed by atoms with E-state index in [1.54, 1.807) is 0 Å². The number of nitrogens with one attached hydrogen (secondary N) is 1. The maximum atomic E-state index is 12.7. The van der Waals surface area contributed by atoms with Crippen LogP contribution < -0.4 is 5.32 Å². The van der Waals surface area contributed by atoms with Crippen LogP contribution in [0.3, 0.4) is 0 Å². The molecule has 1 aliphatic rings. The van der Waals surface area contributed by atoms with Crippen LogP contribution in [0.4, 0.5) is 13.2 Å². The van der Waals surface area contributed by atoms with Gasteiger partial charge >= 0.3 is 6.18 Å². The second kappa shape index (κ2) is 6.17. The molecule has 8 heteroatoms. The largest absolute Gasteiger partial charge is 0.416 e. The number of alkyl halides is 3. The summed E-state index contributed by atoms with van der Waals surface area (Å²) in [6, 6.07) is 3.03. The van der Waals surface area contributed by atoms with Gasteiger partial charge in [0.15, 0.2) is 0 Å². The molecule has 1 aromatic rings. The molecule has 1 heterocycles. The van der Waals surface area contributed by atoms with Crippen molar-refractivity contribution in [2.24, 2.45) is 0 Å². The zero-order chi connectivity index (χ0) is 16.5. The van der Waals surface area contributed by atoms with E-state index in [1.165, 1.54) is 11.2 Å². The third kappa shape index (κ3) is 3.44. The SMILES string of the molecule is CNC1CCN(S(=O)(=O)c2ccc(C(F)(F)F)cc2C)CC1. The molecule has 0 saturated carbocycles. The van der Waals surface area contributed by atoms with Crippen LogP contribution in [0.1, 0.15) is 24.0 Å². The maximum Gasteiger partial charge on any atom is 0.416 e. The Labute approximate surface area is 128 Å². The van der Waals surface area contributed by atoms with Crippen LogP contribution in [0.5, 0.6) is 0 Å². The van der Waals surface area contributed by atoms with Crippen LogP contribution in [0.2, 0.25) is 0 Å². The number of rotatable bonds is 3. The fourth-order valence-electron chi connectivity index (χ4n) is 2.64. The van der Waals surface area contributed by atoms with Gasteiger partial charge < -0.3 is 5.32 Å². The van der Waals surface area contributed by atoms with E-state index in [4.69, 9.17) is 0 Å². The molecule has 4 nitrogen and oxygen atoms in total. The molecule has 0 aromatic heterocycles. The minimum Gasteiger partial charge on any atom is -0.317 e. The average molecular weight is 336 g/mol. The van der Waals surface area contributed by atoms with Gasteiger partial charge in [0, 0.05) is 19.1 Å². The summed E-state index contributed by atoms with van der Waals surface area (Å²) in [7, 11) is -1.92. The number of hydrogen-bond acceptors (Lipinski definition) is 3. The van der Waals surface area contributed by atoms with E-state index >= 15 is 0 Å². The molecule has 0 radical (unpaired) electrons. The van der Waals surface area contributed by atoms with Gasteiger partial charge in [0.2, 0.25) is 10.0 Å². The summed E-state index contributed by atoms with van der Waals surface area (Å²) < 4.78 is 64.5. The van der Waals surface area contributed by atoms with Crippen molar-refractivity contribution in [3.8, 4) is 0 Å². The minimum atomic E-state index is -4.47. The normalized spacial score (nSPS) is 18.6. The molecule has 1 saturated heterocycles. The summed E-state index contributed by atoms with van der Waals surface area (Å²) in [6.07, 6.45) is -3.09. The second-order valence-electron chi connectivity index (χ2n) is 5.45. The molecule has 0 spiro atoms. The van der Waals surface area contributed by atoms with Gasteiger partial charge in [-0.05, 0) is 50.6 Å². The molecule has 22 heavy (non-hydrogen) atoms. The minimum absolute atomic E-state index is 0.0524. The predicted molar refractivity (Wildman–Crippen MR) is 77.0 cm³/mol. The van der Waals surface area contributed by atoms with E-state index in [-0.39, 0.29) is 16.5 Å². The number of sulfonamides is 1. The Balaban J connectivity index is 2.27. The Morgan fingerprint density at radius 2 is 1.82 bits per heavy atom. The molecule has 1 fully saturated rings. The number of halogens is 3. The zero-order valence-electron chi connectivity index (χ0n) is 12.4. The fraction of sp³-hybridized carbons (Fsp3) is 0.571. The van der Waals surface area contributed by atoms with Gasteiger partial charge in [-0.2, -0.15) is 17.5 Å². The lowest BCUT2D eigenvalue weighted by Crippen LogP contribution is -2.44.